The van der Waals surface area contributed by atoms with Gasteiger partial charge in [0, 0.05) is 17.3 Å². The summed E-state index contributed by atoms with van der Waals surface area (Å²) in [6.07, 6.45) is 1.25. The van der Waals surface area contributed by atoms with Gasteiger partial charge in [-0.15, -0.1) is 0 Å². The second-order valence-electron chi connectivity index (χ2n) is 4.53. The second-order valence-corrected chi connectivity index (χ2v) is 6.83. The lowest BCUT2D eigenvalue weighted by Crippen LogP contribution is -2.35. The maximum atomic E-state index is 6.04. The summed E-state index contributed by atoms with van der Waals surface area (Å²) in [6, 6.07) is 6.78. The van der Waals surface area contributed by atoms with E-state index >= 15 is 0 Å². The van der Waals surface area contributed by atoms with E-state index in [0.29, 0.717) is 27.4 Å². The van der Waals surface area contributed by atoms with E-state index in [9.17, 15) is 0 Å². The number of hydrogen-bond acceptors (Lipinski definition) is 2. The van der Waals surface area contributed by atoms with Gasteiger partial charge in [-0.05, 0) is 36.8 Å². The zero-order chi connectivity index (χ0) is 12.4. The standard InChI is InChI=1S/C13H17Cl2NS/c1-8(16-13-5-6-17-9(13)2)10-3-4-11(14)12(15)7-10/h3-4,7-9,13,16H,5-6H2,1-2H3. The first-order valence-electron chi connectivity index (χ1n) is 5.90. The third kappa shape index (κ3) is 3.31. The lowest BCUT2D eigenvalue weighted by Gasteiger charge is -2.22. The summed E-state index contributed by atoms with van der Waals surface area (Å²) >= 11 is 14.0. The van der Waals surface area contributed by atoms with Crippen LogP contribution in [0.1, 0.15) is 31.9 Å². The largest absolute Gasteiger partial charge is 0.306 e. The normalized spacial score (nSPS) is 26.1. The molecule has 0 amide bonds. The van der Waals surface area contributed by atoms with Crippen molar-refractivity contribution >= 4 is 35.0 Å². The molecule has 0 aliphatic carbocycles. The molecule has 1 saturated heterocycles. The fraction of sp³-hybridized carbons (Fsp3) is 0.538. The molecule has 0 radical (unpaired) electrons. The van der Waals surface area contributed by atoms with Crippen molar-refractivity contribution < 1.29 is 0 Å². The van der Waals surface area contributed by atoms with Gasteiger partial charge in [-0.1, -0.05) is 36.2 Å². The Labute approximate surface area is 117 Å². The summed E-state index contributed by atoms with van der Waals surface area (Å²) < 4.78 is 0. The average Bonchev–Trinajstić information content (AvgIpc) is 2.68. The van der Waals surface area contributed by atoms with E-state index in [1.165, 1.54) is 17.7 Å². The van der Waals surface area contributed by atoms with Crippen molar-refractivity contribution in [1.29, 1.82) is 0 Å². The van der Waals surface area contributed by atoms with Crippen molar-refractivity contribution in [3.63, 3.8) is 0 Å². The smallest absolute Gasteiger partial charge is 0.0595 e. The van der Waals surface area contributed by atoms with Crippen molar-refractivity contribution in [2.75, 3.05) is 5.75 Å². The molecule has 0 saturated carbocycles. The summed E-state index contributed by atoms with van der Waals surface area (Å²) in [5.74, 6) is 1.26. The Balaban J connectivity index is 2.03. The zero-order valence-corrected chi connectivity index (χ0v) is 12.4. The number of rotatable bonds is 3. The molecule has 1 aliphatic rings. The molecule has 17 heavy (non-hydrogen) atoms. The van der Waals surface area contributed by atoms with Crippen LogP contribution in [-0.4, -0.2) is 17.0 Å². The van der Waals surface area contributed by atoms with E-state index in [0.717, 1.165) is 0 Å². The molecule has 0 spiro atoms. The van der Waals surface area contributed by atoms with Gasteiger partial charge in [-0.25, -0.2) is 0 Å². The fourth-order valence-electron chi connectivity index (χ4n) is 2.15. The third-order valence-corrected chi connectivity index (χ3v) is 5.35. The minimum absolute atomic E-state index is 0.316. The van der Waals surface area contributed by atoms with Crippen molar-refractivity contribution in [1.82, 2.24) is 5.32 Å². The van der Waals surface area contributed by atoms with Crippen molar-refractivity contribution in [3.05, 3.63) is 33.8 Å². The molecule has 4 heteroatoms. The van der Waals surface area contributed by atoms with Crippen LogP contribution in [0.5, 0.6) is 0 Å². The van der Waals surface area contributed by atoms with Crippen molar-refractivity contribution in [2.45, 2.75) is 37.6 Å². The summed E-state index contributed by atoms with van der Waals surface area (Å²) in [6.45, 7) is 4.46. The summed E-state index contributed by atoms with van der Waals surface area (Å²) in [5.41, 5.74) is 1.20. The minimum Gasteiger partial charge on any atom is -0.306 e. The van der Waals surface area contributed by atoms with Crippen molar-refractivity contribution in [3.8, 4) is 0 Å². The van der Waals surface area contributed by atoms with E-state index in [1.807, 2.05) is 30.0 Å². The Morgan fingerprint density at radius 3 is 2.71 bits per heavy atom. The molecule has 0 aromatic heterocycles. The number of thioether (sulfide) groups is 1. The van der Waals surface area contributed by atoms with Gasteiger partial charge in [-0.3, -0.25) is 0 Å². The Bertz CT molecular complexity index is 397. The quantitative estimate of drug-likeness (QED) is 0.877. The van der Waals surface area contributed by atoms with Crippen LogP contribution in [0.25, 0.3) is 0 Å². The van der Waals surface area contributed by atoms with Crippen LogP contribution < -0.4 is 5.32 Å². The average molecular weight is 290 g/mol. The van der Waals surface area contributed by atoms with Gasteiger partial charge < -0.3 is 5.32 Å². The highest BCUT2D eigenvalue weighted by molar-refractivity contribution is 8.00. The molecule has 1 aliphatic heterocycles. The van der Waals surface area contributed by atoms with Gasteiger partial charge in [0.05, 0.1) is 10.0 Å². The van der Waals surface area contributed by atoms with E-state index in [4.69, 9.17) is 23.2 Å². The van der Waals surface area contributed by atoms with Crippen LogP contribution >= 0.6 is 35.0 Å². The maximum absolute atomic E-state index is 6.04. The molecule has 94 valence electrons. The van der Waals surface area contributed by atoms with Crippen molar-refractivity contribution in [2.24, 2.45) is 0 Å². The first kappa shape index (κ1) is 13.5. The monoisotopic (exact) mass is 289 g/mol. The van der Waals surface area contributed by atoms with Gasteiger partial charge in [0.2, 0.25) is 0 Å². The Morgan fingerprint density at radius 2 is 2.12 bits per heavy atom. The van der Waals surface area contributed by atoms with Crippen LogP contribution in [0.3, 0.4) is 0 Å². The zero-order valence-electron chi connectivity index (χ0n) is 10.0. The van der Waals surface area contributed by atoms with E-state index in [1.54, 1.807) is 0 Å². The van der Waals surface area contributed by atoms with E-state index < -0.39 is 0 Å². The van der Waals surface area contributed by atoms with E-state index in [-0.39, 0.29) is 0 Å². The van der Waals surface area contributed by atoms with Gasteiger partial charge in [0.1, 0.15) is 0 Å². The van der Waals surface area contributed by atoms with Gasteiger partial charge in [-0.2, -0.15) is 11.8 Å². The summed E-state index contributed by atoms with van der Waals surface area (Å²) in [5, 5.41) is 5.61. The Morgan fingerprint density at radius 1 is 1.35 bits per heavy atom. The number of benzene rings is 1. The van der Waals surface area contributed by atoms with Crippen LogP contribution in [0, 0.1) is 0 Å². The molecular weight excluding hydrogens is 273 g/mol. The molecule has 3 atom stereocenters. The summed E-state index contributed by atoms with van der Waals surface area (Å²) in [7, 11) is 0. The predicted octanol–water partition coefficient (Wildman–Crippen LogP) is 4.54. The molecule has 2 rings (SSSR count). The van der Waals surface area contributed by atoms with Gasteiger partial charge in [0.25, 0.3) is 0 Å². The maximum Gasteiger partial charge on any atom is 0.0595 e. The SMILES string of the molecule is CC(NC1CCSC1C)c1ccc(Cl)c(Cl)c1. The highest BCUT2D eigenvalue weighted by atomic mass is 35.5. The highest BCUT2D eigenvalue weighted by Gasteiger charge is 2.25. The molecule has 3 unspecified atom stereocenters. The molecule has 1 nitrogen and oxygen atoms in total. The topological polar surface area (TPSA) is 12.0 Å². The van der Waals surface area contributed by atoms with E-state index in [2.05, 4.69) is 19.2 Å². The fourth-order valence-corrected chi connectivity index (χ4v) is 3.66. The first-order chi connectivity index (χ1) is 8.08. The molecule has 1 aromatic rings. The van der Waals surface area contributed by atoms with Crippen LogP contribution in [0.15, 0.2) is 18.2 Å². The minimum atomic E-state index is 0.316. The number of hydrogen-bond donors (Lipinski definition) is 1. The molecule has 1 N–H and O–H groups in total. The second kappa shape index (κ2) is 5.83. The first-order valence-corrected chi connectivity index (χ1v) is 7.71. The lowest BCUT2D eigenvalue weighted by molar-refractivity contribution is 0.454. The molecule has 1 heterocycles. The Kier molecular flexibility index (Phi) is 4.65. The van der Waals surface area contributed by atoms with Crippen LogP contribution in [0.2, 0.25) is 10.0 Å². The predicted molar refractivity (Wildman–Crippen MR) is 78.3 cm³/mol. The Hall–Kier alpha value is 0.110. The molecule has 0 bridgehead atoms. The molecule has 1 fully saturated rings. The lowest BCUT2D eigenvalue weighted by atomic mass is 10.1. The van der Waals surface area contributed by atoms with Gasteiger partial charge >= 0.3 is 0 Å². The molecular formula is C13H17Cl2NS. The third-order valence-electron chi connectivity index (χ3n) is 3.28. The van der Waals surface area contributed by atoms with Crippen LogP contribution in [0.4, 0.5) is 0 Å². The van der Waals surface area contributed by atoms with Gasteiger partial charge in [0.15, 0.2) is 0 Å². The highest BCUT2D eigenvalue weighted by Crippen LogP contribution is 2.30. The van der Waals surface area contributed by atoms with Crippen LogP contribution in [-0.2, 0) is 0 Å². The summed E-state index contributed by atoms with van der Waals surface area (Å²) in [4.78, 5) is 0. The molecule has 1 aromatic carbocycles. The number of nitrogens with one attached hydrogen (secondary N) is 1. The number of halogens is 2.